The molecule has 1 heteroatoms. The number of rotatable bonds is 3. The maximum absolute atomic E-state index is 3.92. The second kappa shape index (κ2) is 7.64. The van der Waals surface area contributed by atoms with Gasteiger partial charge >= 0.3 is 0 Å². The van der Waals surface area contributed by atoms with Crippen LogP contribution < -0.4 is 5.32 Å². The molecule has 0 saturated heterocycles. The van der Waals surface area contributed by atoms with E-state index in [-0.39, 0.29) is 0 Å². The van der Waals surface area contributed by atoms with Gasteiger partial charge in [-0.05, 0) is 79.7 Å². The molecule has 2 aromatic rings. The zero-order valence-electron chi connectivity index (χ0n) is 15.6. The first-order valence-electron chi connectivity index (χ1n) is 10.2. The van der Waals surface area contributed by atoms with Crippen LogP contribution in [0.15, 0.2) is 42.5 Å². The van der Waals surface area contributed by atoms with E-state index in [0.29, 0.717) is 6.04 Å². The van der Waals surface area contributed by atoms with Crippen LogP contribution in [-0.2, 0) is 25.7 Å². The molecule has 0 spiro atoms. The van der Waals surface area contributed by atoms with E-state index < -0.39 is 0 Å². The summed E-state index contributed by atoms with van der Waals surface area (Å²) in [6.45, 7) is 2.40. The summed E-state index contributed by atoms with van der Waals surface area (Å²) in [6, 6.07) is 17.0. The van der Waals surface area contributed by atoms with Crippen LogP contribution in [0.2, 0.25) is 0 Å². The zero-order valence-corrected chi connectivity index (χ0v) is 15.6. The monoisotopic (exact) mass is 333 g/mol. The van der Waals surface area contributed by atoms with Crippen molar-refractivity contribution in [3.63, 3.8) is 0 Å². The number of anilines is 1. The Balaban J connectivity index is 1.55. The maximum Gasteiger partial charge on any atom is 0.0377 e. The SMILES string of the molecule is C[C@H](Nc1cc2ccc1CCc1ccc(cc1)CC2)C1CCCCC1. The van der Waals surface area contributed by atoms with Crippen molar-refractivity contribution >= 4 is 5.69 Å². The maximum atomic E-state index is 3.92. The molecule has 1 N–H and O–H groups in total. The van der Waals surface area contributed by atoms with Gasteiger partial charge in [0.2, 0.25) is 0 Å². The lowest BCUT2D eigenvalue weighted by Gasteiger charge is -2.30. The van der Waals surface area contributed by atoms with Crippen LogP contribution in [0.3, 0.4) is 0 Å². The Morgan fingerprint density at radius 2 is 1.36 bits per heavy atom. The van der Waals surface area contributed by atoms with Gasteiger partial charge in [0.25, 0.3) is 0 Å². The summed E-state index contributed by atoms with van der Waals surface area (Å²) in [5.74, 6) is 0.843. The molecule has 0 heterocycles. The van der Waals surface area contributed by atoms with Crippen molar-refractivity contribution in [2.75, 3.05) is 5.32 Å². The fourth-order valence-corrected chi connectivity index (χ4v) is 4.57. The fraction of sp³-hybridized carbons (Fsp3) is 0.500. The fourth-order valence-electron chi connectivity index (χ4n) is 4.57. The summed E-state index contributed by atoms with van der Waals surface area (Å²) >= 11 is 0. The average Bonchev–Trinajstić information content (AvgIpc) is 2.65. The van der Waals surface area contributed by atoms with Gasteiger partial charge in [-0.15, -0.1) is 0 Å². The molecular weight excluding hydrogens is 302 g/mol. The van der Waals surface area contributed by atoms with Crippen molar-refractivity contribution in [2.24, 2.45) is 5.92 Å². The van der Waals surface area contributed by atoms with Crippen molar-refractivity contribution in [1.82, 2.24) is 0 Å². The molecule has 0 aromatic heterocycles. The second-order valence-electron chi connectivity index (χ2n) is 8.14. The van der Waals surface area contributed by atoms with Crippen LogP contribution in [0, 0.1) is 5.92 Å². The van der Waals surface area contributed by atoms with E-state index in [1.54, 1.807) is 0 Å². The normalized spacial score (nSPS) is 19.2. The first kappa shape index (κ1) is 16.7. The molecule has 2 aromatic carbocycles. The molecule has 1 fully saturated rings. The summed E-state index contributed by atoms with van der Waals surface area (Å²) in [5.41, 5.74) is 7.26. The molecule has 5 aliphatic carbocycles. The minimum atomic E-state index is 0.584. The third kappa shape index (κ3) is 4.08. The van der Waals surface area contributed by atoms with Crippen molar-refractivity contribution < 1.29 is 0 Å². The highest BCUT2D eigenvalue weighted by molar-refractivity contribution is 5.54. The Kier molecular flexibility index (Phi) is 5.10. The van der Waals surface area contributed by atoms with E-state index in [1.807, 2.05) is 0 Å². The Morgan fingerprint density at radius 3 is 2.08 bits per heavy atom. The van der Waals surface area contributed by atoms with Crippen LogP contribution in [-0.4, -0.2) is 6.04 Å². The van der Waals surface area contributed by atoms with E-state index >= 15 is 0 Å². The number of aryl methyl sites for hydroxylation is 4. The van der Waals surface area contributed by atoms with Crippen LogP contribution in [0.1, 0.15) is 61.3 Å². The van der Waals surface area contributed by atoms with E-state index in [1.165, 1.54) is 60.0 Å². The molecule has 7 rings (SSSR count). The molecule has 1 atom stereocenters. The van der Waals surface area contributed by atoms with Gasteiger partial charge in [0.1, 0.15) is 0 Å². The molecule has 132 valence electrons. The van der Waals surface area contributed by atoms with Crippen LogP contribution >= 0.6 is 0 Å². The van der Waals surface area contributed by atoms with E-state index in [2.05, 4.69) is 54.7 Å². The molecule has 5 aliphatic rings. The average molecular weight is 334 g/mol. The lowest BCUT2D eigenvalue weighted by Crippen LogP contribution is -2.28. The number of hydrogen-bond donors (Lipinski definition) is 1. The standard InChI is InChI=1S/C24H31N/c1-18(22-5-3-2-4-6-22)25-24-17-21-12-11-19-7-9-20(10-8-19)13-15-23(24)16-14-21/h7-10,14,16-18,22,25H,2-6,11-13,15H2,1H3/t18-/m0/s1. The molecule has 0 radical (unpaired) electrons. The van der Waals surface area contributed by atoms with E-state index in [0.717, 1.165) is 31.6 Å². The highest BCUT2D eigenvalue weighted by Gasteiger charge is 2.20. The van der Waals surface area contributed by atoms with Gasteiger partial charge in [-0.3, -0.25) is 0 Å². The Morgan fingerprint density at radius 1 is 0.760 bits per heavy atom. The first-order chi connectivity index (χ1) is 12.3. The van der Waals surface area contributed by atoms with Gasteiger partial charge in [-0.25, -0.2) is 0 Å². The Hall–Kier alpha value is -1.76. The molecule has 0 unspecified atom stereocenters. The highest BCUT2D eigenvalue weighted by Crippen LogP contribution is 2.30. The molecule has 4 bridgehead atoms. The quantitative estimate of drug-likeness (QED) is 0.731. The predicted octanol–water partition coefficient (Wildman–Crippen LogP) is 5.95. The summed E-state index contributed by atoms with van der Waals surface area (Å²) in [6.07, 6.45) is 11.6. The molecule has 0 amide bonds. The number of nitrogens with one attached hydrogen (secondary N) is 1. The molecule has 1 nitrogen and oxygen atoms in total. The predicted molar refractivity (Wildman–Crippen MR) is 107 cm³/mol. The van der Waals surface area contributed by atoms with Crippen molar-refractivity contribution in [3.05, 3.63) is 64.7 Å². The zero-order chi connectivity index (χ0) is 17.1. The Bertz CT molecular complexity index is 695. The van der Waals surface area contributed by atoms with Gasteiger partial charge < -0.3 is 5.32 Å². The van der Waals surface area contributed by atoms with Crippen molar-refractivity contribution in [2.45, 2.75) is 70.8 Å². The summed E-state index contributed by atoms with van der Waals surface area (Å²) in [4.78, 5) is 0. The van der Waals surface area contributed by atoms with Crippen LogP contribution in [0.4, 0.5) is 5.69 Å². The molecule has 0 aliphatic heterocycles. The van der Waals surface area contributed by atoms with Gasteiger partial charge in [0.15, 0.2) is 0 Å². The van der Waals surface area contributed by atoms with Gasteiger partial charge in [-0.1, -0.05) is 55.7 Å². The summed E-state index contributed by atoms with van der Waals surface area (Å²) < 4.78 is 0. The van der Waals surface area contributed by atoms with Crippen LogP contribution in [0.5, 0.6) is 0 Å². The second-order valence-corrected chi connectivity index (χ2v) is 8.14. The van der Waals surface area contributed by atoms with Crippen molar-refractivity contribution in [3.8, 4) is 0 Å². The highest BCUT2D eigenvalue weighted by atomic mass is 14.9. The molecule has 25 heavy (non-hydrogen) atoms. The van der Waals surface area contributed by atoms with Gasteiger partial charge in [0, 0.05) is 11.7 Å². The summed E-state index contributed by atoms with van der Waals surface area (Å²) in [5, 5.41) is 3.92. The molecule has 1 saturated carbocycles. The smallest absolute Gasteiger partial charge is 0.0377 e. The van der Waals surface area contributed by atoms with E-state index in [9.17, 15) is 0 Å². The van der Waals surface area contributed by atoms with Gasteiger partial charge in [0.05, 0.1) is 0 Å². The van der Waals surface area contributed by atoms with Crippen LogP contribution in [0.25, 0.3) is 0 Å². The molecular formula is C24H31N. The Labute approximate surface area is 152 Å². The lowest BCUT2D eigenvalue weighted by molar-refractivity contribution is 0.328. The minimum Gasteiger partial charge on any atom is -0.382 e. The van der Waals surface area contributed by atoms with Crippen molar-refractivity contribution in [1.29, 1.82) is 0 Å². The van der Waals surface area contributed by atoms with Gasteiger partial charge in [-0.2, -0.15) is 0 Å². The lowest BCUT2D eigenvalue weighted by atomic mass is 9.84. The van der Waals surface area contributed by atoms with E-state index in [4.69, 9.17) is 0 Å². The topological polar surface area (TPSA) is 12.0 Å². The third-order valence-electron chi connectivity index (χ3n) is 6.32. The third-order valence-corrected chi connectivity index (χ3v) is 6.32. The first-order valence-corrected chi connectivity index (χ1v) is 10.2. The number of hydrogen-bond acceptors (Lipinski definition) is 1. The number of benzene rings is 2. The minimum absolute atomic E-state index is 0.584. The summed E-state index contributed by atoms with van der Waals surface area (Å²) in [7, 11) is 0. The largest absolute Gasteiger partial charge is 0.382 e.